The van der Waals surface area contributed by atoms with E-state index in [9.17, 15) is 9.59 Å². The number of nitrogens with zero attached hydrogens (tertiary/aromatic N) is 1. The Morgan fingerprint density at radius 3 is 2.76 bits per heavy atom. The molecule has 168 valence electrons. The quantitative estimate of drug-likeness (QED) is 0.318. The summed E-state index contributed by atoms with van der Waals surface area (Å²) in [5.74, 6) is 0.135. The van der Waals surface area contributed by atoms with Crippen molar-refractivity contribution in [2.45, 2.75) is 13.3 Å². The maximum atomic E-state index is 12.5. The highest BCUT2D eigenvalue weighted by atomic mass is 32.1. The third kappa shape index (κ3) is 5.73. The number of aromatic nitrogens is 1. The van der Waals surface area contributed by atoms with Gasteiger partial charge in [0.2, 0.25) is 0 Å². The zero-order valence-electron chi connectivity index (χ0n) is 17.6. The van der Waals surface area contributed by atoms with Crippen LogP contribution in [0.15, 0.2) is 65.3 Å². The monoisotopic (exact) mass is 480 g/mol. The van der Waals surface area contributed by atoms with E-state index >= 15 is 0 Å². The molecule has 0 radical (unpaired) electrons. The van der Waals surface area contributed by atoms with Crippen LogP contribution in [0.2, 0.25) is 0 Å². The van der Waals surface area contributed by atoms with Crippen molar-refractivity contribution in [1.82, 2.24) is 10.3 Å². The molecular formula is C23H20N4O4S2. The highest BCUT2D eigenvalue weighted by molar-refractivity contribution is 7.80. The van der Waals surface area contributed by atoms with Crippen molar-refractivity contribution in [1.29, 1.82) is 0 Å². The first-order valence-electron chi connectivity index (χ1n) is 10.1. The van der Waals surface area contributed by atoms with Crippen LogP contribution in [-0.4, -0.2) is 28.5 Å². The molecule has 0 saturated carbocycles. The Balaban J connectivity index is 1.38. The van der Waals surface area contributed by atoms with Gasteiger partial charge < -0.3 is 14.5 Å². The van der Waals surface area contributed by atoms with Crippen molar-refractivity contribution in [2.24, 2.45) is 0 Å². The number of thiocarbonyl (C=S) groups is 1. The molecule has 10 heteroatoms. The number of anilines is 2. The average molecular weight is 481 g/mol. The number of carbonyl (C=O) groups is 2. The average Bonchev–Trinajstić information content (AvgIpc) is 3.47. The highest BCUT2D eigenvalue weighted by Crippen LogP contribution is 2.28. The van der Waals surface area contributed by atoms with Crippen molar-refractivity contribution >= 4 is 61.5 Å². The van der Waals surface area contributed by atoms with Crippen LogP contribution in [0.3, 0.4) is 0 Å². The molecule has 8 nitrogen and oxygen atoms in total. The van der Waals surface area contributed by atoms with Gasteiger partial charge >= 0.3 is 0 Å². The van der Waals surface area contributed by atoms with Gasteiger partial charge in [-0.2, -0.15) is 0 Å². The third-order valence-corrected chi connectivity index (χ3v) is 5.55. The zero-order valence-corrected chi connectivity index (χ0v) is 19.2. The maximum Gasteiger partial charge on any atom is 0.293 e. The minimum Gasteiger partial charge on any atom is -0.494 e. The summed E-state index contributed by atoms with van der Waals surface area (Å²) in [6.45, 7) is 2.60. The lowest BCUT2D eigenvalue weighted by molar-refractivity contribution is 0.0974. The smallest absolute Gasteiger partial charge is 0.293 e. The van der Waals surface area contributed by atoms with E-state index in [2.05, 4.69) is 20.9 Å². The van der Waals surface area contributed by atoms with Crippen LogP contribution in [0.25, 0.3) is 10.2 Å². The molecule has 2 aromatic heterocycles. The van der Waals surface area contributed by atoms with E-state index in [0.717, 1.165) is 16.6 Å². The molecule has 0 spiro atoms. The third-order valence-electron chi connectivity index (χ3n) is 4.41. The van der Waals surface area contributed by atoms with Gasteiger partial charge in [-0.25, -0.2) is 4.98 Å². The Hall–Kier alpha value is -3.76. The van der Waals surface area contributed by atoms with E-state index in [-0.39, 0.29) is 22.7 Å². The molecule has 4 aromatic rings. The number of nitrogens with one attached hydrogen (secondary N) is 3. The van der Waals surface area contributed by atoms with E-state index in [4.69, 9.17) is 21.4 Å². The largest absolute Gasteiger partial charge is 0.494 e. The molecular weight excluding hydrogens is 460 g/mol. The maximum absolute atomic E-state index is 12.5. The number of hydrogen-bond acceptors (Lipinski definition) is 7. The number of benzene rings is 2. The number of rotatable bonds is 7. The number of hydrogen-bond donors (Lipinski definition) is 3. The fraction of sp³-hybridized carbons (Fsp3) is 0.130. The van der Waals surface area contributed by atoms with E-state index < -0.39 is 0 Å². The lowest BCUT2D eigenvalue weighted by Gasteiger charge is -2.10. The van der Waals surface area contributed by atoms with Gasteiger partial charge in [0.05, 0.1) is 23.1 Å². The summed E-state index contributed by atoms with van der Waals surface area (Å²) in [5, 5.41) is 9.00. The van der Waals surface area contributed by atoms with Crippen LogP contribution < -0.4 is 20.7 Å². The van der Waals surface area contributed by atoms with Crippen molar-refractivity contribution in [3.63, 3.8) is 0 Å². The number of amides is 2. The molecule has 33 heavy (non-hydrogen) atoms. The fourth-order valence-electron chi connectivity index (χ4n) is 2.91. The van der Waals surface area contributed by atoms with E-state index in [1.807, 2.05) is 13.0 Å². The predicted molar refractivity (Wildman–Crippen MR) is 132 cm³/mol. The van der Waals surface area contributed by atoms with Crippen LogP contribution in [-0.2, 0) is 0 Å². The van der Waals surface area contributed by atoms with Crippen molar-refractivity contribution in [2.75, 3.05) is 17.2 Å². The number of fused-ring (bicyclic) bond motifs is 1. The topological polar surface area (TPSA) is 105 Å². The normalized spacial score (nSPS) is 10.6. The molecule has 0 bridgehead atoms. The van der Waals surface area contributed by atoms with Gasteiger partial charge in [0.15, 0.2) is 16.0 Å². The molecule has 2 heterocycles. The molecule has 0 fully saturated rings. The van der Waals surface area contributed by atoms with Gasteiger partial charge in [0.1, 0.15) is 5.75 Å². The Bertz CT molecular complexity index is 1300. The number of furan rings is 1. The van der Waals surface area contributed by atoms with Gasteiger partial charge in [0, 0.05) is 11.3 Å². The van der Waals surface area contributed by atoms with Crippen LogP contribution >= 0.6 is 23.6 Å². The van der Waals surface area contributed by atoms with E-state index in [1.165, 1.54) is 17.6 Å². The Labute approximate surface area is 199 Å². The van der Waals surface area contributed by atoms with Crippen molar-refractivity contribution < 1.29 is 18.7 Å². The molecule has 0 saturated heterocycles. The van der Waals surface area contributed by atoms with Gasteiger partial charge in [-0.15, -0.1) is 0 Å². The summed E-state index contributed by atoms with van der Waals surface area (Å²) in [5.41, 5.74) is 1.85. The standard InChI is InChI=1S/C23H20N4O4S2/c1-2-10-30-16-6-3-5-14(12-16)20(28)26-22(32)24-15-8-9-17-19(13-15)33-23(25-17)27-21(29)18-7-4-11-31-18/h3-9,11-13H,2,10H2,1H3,(H,25,27,29)(H2,24,26,28,32). The number of carbonyl (C=O) groups excluding carboxylic acids is 2. The molecule has 0 atom stereocenters. The second-order valence-corrected chi connectivity index (χ2v) is 8.36. The molecule has 3 N–H and O–H groups in total. The minimum absolute atomic E-state index is 0.162. The SMILES string of the molecule is CCCOc1cccc(C(=O)NC(=S)Nc2ccc3nc(NC(=O)c4ccco4)sc3c2)c1. The van der Waals surface area contributed by atoms with Gasteiger partial charge in [-0.1, -0.05) is 24.3 Å². The molecule has 4 rings (SSSR count). The van der Waals surface area contributed by atoms with Crippen LogP contribution in [0, 0.1) is 0 Å². The molecule has 0 aliphatic rings. The van der Waals surface area contributed by atoms with Gasteiger partial charge in [-0.05, 0) is 67.2 Å². The van der Waals surface area contributed by atoms with E-state index in [1.54, 1.807) is 48.5 Å². The second kappa shape index (κ2) is 10.2. The lowest BCUT2D eigenvalue weighted by Crippen LogP contribution is -2.34. The van der Waals surface area contributed by atoms with Crippen LogP contribution in [0.4, 0.5) is 10.8 Å². The Morgan fingerprint density at radius 2 is 1.97 bits per heavy atom. The molecule has 2 aromatic carbocycles. The predicted octanol–water partition coefficient (Wildman–Crippen LogP) is 5.06. The van der Waals surface area contributed by atoms with E-state index in [0.29, 0.717) is 28.7 Å². The Morgan fingerprint density at radius 1 is 1.09 bits per heavy atom. The molecule has 0 unspecified atom stereocenters. The number of ether oxygens (including phenoxy) is 1. The summed E-state index contributed by atoms with van der Waals surface area (Å²) in [6, 6.07) is 15.6. The van der Waals surface area contributed by atoms with Crippen molar-refractivity contribution in [3.05, 3.63) is 72.2 Å². The fourth-order valence-corrected chi connectivity index (χ4v) is 4.02. The Kier molecular flexibility index (Phi) is 6.96. The first-order chi connectivity index (χ1) is 16.0. The summed E-state index contributed by atoms with van der Waals surface area (Å²) < 4.78 is 11.5. The zero-order chi connectivity index (χ0) is 23.2. The van der Waals surface area contributed by atoms with Crippen LogP contribution in [0.1, 0.15) is 34.3 Å². The summed E-state index contributed by atoms with van der Waals surface area (Å²) >= 11 is 6.61. The molecule has 0 aliphatic heterocycles. The summed E-state index contributed by atoms with van der Waals surface area (Å²) in [6.07, 6.45) is 2.32. The van der Waals surface area contributed by atoms with Gasteiger partial charge in [-0.3, -0.25) is 20.2 Å². The van der Waals surface area contributed by atoms with Crippen molar-refractivity contribution in [3.8, 4) is 5.75 Å². The molecule has 2 amide bonds. The highest BCUT2D eigenvalue weighted by Gasteiger charge is 2.13. The lowest BCUT2D eigenvalue weighted by atomic mass is 10.2. The minimum atomic E-state index is -0.370. The first kappa shape index (κ1) is 22.4. The number of thiazole rings is 1. The summed E-state index contributed by atoms with van der Waals surface area (Å²) in [7, 11) is 0. The van der Waals surface area contributed by atoms with Crippen LogP contribution in [0.5, 0.6) is 5.75 Å². The first-order valence-corrected chi connectivity index (χ1v) is 11.3. The van der Waals surface area contributed by atoms with Gasteiger partial charge in [0.25, 0.3) is 11.8 Å². The molecule has 0 aliphatic carbocycles. The second-order valence-electron chi connectivity index (χ2n) is 6.92. The summed E-state index contributed by atoms with van der Waals surface area (Å²) in [4.78, 5) is 29.1.